The Morgan fingerprint density at radius 3 is 3.28 bits per heavy atom. The fourth-order valence-corrected chi connectivity index (χ4v) is 2.50. The molecule has 1 fully saturated rings. The largest absolute Gasteiger partial charge is 0.461 e. The molecule has 7 heteroatoms. The lowest BCUT2D eigenvalue weighted by molar-refractivity contribution is -0.119. The van der Waals surface area contributed by atoms with Gasteiger partial charge in [-0.3, -0.25) is 4.79 Å². The van der Waals surface area contributed by atoms with Crippen molar-refractivity contribution in [3.8, 4) is 0 Å². The number of aromatic nitrogens is 1. The van der Waals surface area contributed by atoms with Crippen LogP contribution in [-0.2, 0) is 9.53 Å². The van der Waals surface area contributed by atoms with Gasteiger partial charge in [-0.1, -0.05) is 0 Å². The molecule has 0 aliphatic carbocycles. The third-order valence-corrected chi connectivity index (χ3v) is 3.41. The van der Waals surface area contributed by atoms with Crippen molar-refractivity contribution >= 4 is 28.3 Å². The zero-order valence-corrected chi connectivity index (χ0v) is 11.0. The van der Waals surface area contributed by atoms with E-state index >= 15 is 0 Å². The molecule has 6 nitrogen and oxygen atoms in total. The van der Waals surface area contributed by atoms with Gasteiger partial charge in [0.25, 0.3) is 0 Å². The molecule has 1 saturated heterocycles. The molecule has 0 spiro atoms. The molecule has 2 heterocycles. The quantitative estimate of drug-likeness (QED) is 0.816. The maximum absolute atomic E-state index is 11.5. The van der Waals surface area contributed by atoms with Gasteiger partial charge in [0.15, 0.2) is 10.8 Å². The molecular weight excluding hydrogens is 254 g/mol. The first-order chi connectivity index (χ1) is 8.70. The minimum atomic E-state index is -0.417. The van der Waals surface area contributed by atoms with E-state index in [-0.39, 0.29) is 12.5 Å². The van der Waals surface area contributed by atoms with E-state index in [9.17, 15) is 9.59 Å². The molecule has 1 aliphatic rings. The summed E-state index contributed by atoms with van der Waals surface area (Å²) < 4.78 is 4.88. The van der Waals surface area contributed by atoms with Crippen molar-refractivity contribution in [2.45, 2.75) is 13.3 Å². The Bertz CT molecular complexity index is 446. The second-order valence-electron chi connectivity index (χ2n) is 3.86. The summed E-state index contributed by atoms with van der Waals surface area (Å²) in [5.41, 5.74) is 0.307. The standard InChI is InChI=1S/C11H15N3O3S/c1-2-17-10(16)8-7-18-11(13-8)14-5-3-4-12-9(15)6-14/h7H,2-6H2,1H3,(H,12,15). The van der Waals surface area contributed by atoms with Gasteiger partial charge < -0.3 is 15.0 Å². The van der Waals surface area contributed by atoms with Crippen LogP contribution in [0.15, 0.2) is 5.38 Å². The topological polar surface area (TPSA) is 71.5 Å². The number of hydrogen-bond acceptors (Lipinski definition) is 6. The minimum absolute atomic E-state index is 0.0135. The molecule has 18 heavy (non-hydrogen) atoms. The van der Waals surface area contributed by atoms with Crippen molar-refractivity contribution in [3.05, 3.63) is 11.1 Å². The number of ether oxygens (including phenoxy) is 1. The smallest absolute Gasteiger partial charge is 0.357 e. The molecule has 0 bridgehead atoms. The summed E-state index contributed by atoms with van der Waals surface area (Å²) in [7, 11) is 0. The monoisotopic (exact) mass is 269 g/mol. The molecule has 1 aromatic heterocycles. The Balaban J connectivity index is 2.08. The predicted molar refractivity (Wildman–Crippen MR) is 67.9 cm³/mol. The van der Waals surface area contributed by atoms with Crippen LogP contribution in [-0.4, -0.2) is 43.1 Å². The molecule has 0 saturated carbocycles. The normalized spacial score (nSPS) is 16.1. The predicted octanol–water partition coefficient (Wildman–Crippen LogP) is 0.646. The number of nitrogens with one attached hydrogen (secondary N) is 1. The van der Waals surface area contributed by atoms with Crippen molar-refractivity contribution in [1.29, 1.82) is 0 Å². The van der Waals surface area contributed by atoms with Gasteiger partial charge in [-0.15, -0.1) is 11.3 Å². The third-order valence-electron chi connectivity index (χ3n) is 2.51. The second kappa shape index (κ2) is 5.81. The number of anilines is 1. The van der Waals surface area contributed by atoms with Crippen molar-refractivity contribution in [1.82, 2.24) is 10.3 Å². The van der Waals surface area contributed by atoms with E-state index in [1.165, 1.54) is 11.3 Å². The SMILES string of the molecule is CCOC(=O)c1csc(N2CCCNC(=O)C2)n1. The molecule has 0 radical (unpaired) electrons. The molecule has 2 rings (SSSR count). The van der Waals surface area contributed by atoms with E-state index in [4.69, 9.17) is 4.74 Å². The second-order valence-corrected chi connectivity index (χ2v) is 4.70. The van der Waals surface area contributed by atoms with Crippen LogP contribution in [0, 0.1) is 0 Å². The Hall–Kier alpha value is -1.63. The Morgan fingerprint density at radius 1 is 1.67 bits per heavy atom. The lowest BCUT2D eigenvalue weighted by Gasteiger charge is -2.16. The summed E-state index contributed by atoms with van der Waals surface area (Å²) in [4.78, 5) is 29.0. The number of nitrogens with zero attached hydrogens (tertiary/aromatic N) is 2. The van der Waals surface area contributed by atoms with Gasteiger partial charge in [-0.25, -0.2) is 9.78 Å². The van der Waals surface area contributed by atoms with Crippen LogP contribution in [0.1, 0.15) is 23.8 Å². The summed E-state index contributed by atoms with van der Waals surface area (Å²) in [5, 5.41) is 5.15. The Labute approximate surface area is 109 Å². The molecule has 98 valence electrons. The fraction of sp³-hybridized carbons (Fsp3) is 0.545. The van der Waals surface area contributed by atoms with Crippen LogP contribution in [0.3, 0.4) is 0 Å². The van der Waals surface area contributed by atoms with Gasteiger partial charge in [-0.05, 0) is 13.3 Å². The van der Waals surface area contributed by atoms with Crippen molar-refractivity contribution in [3.63, 3.8) is 0 Å². The molecule has 0 unspecified atom stereocenters. The van der Waals surface area contributed by atoms with Gasteiger partial charge in [0, 0.05) is 18.5 Å². The third kappa shape index (κ3) is 2.98. The van der Waals surface area contributed by atoms with Crippen LogP contribution in [0.5, 0.6) is 0 Å². The first-order valence-corrected chi connectivity index (χ1v) is 6.73. The average molecular weight is 269 g/mol. The van der Waals surface area contributed by atoms with E-state index in [1.807, 2.05) is 4.90 Å². The van der Waals surface area contributed by atoms with E-state index in [0.29, 0.717) is 24.0 Å². The fourth-order valence-electron chi connectivity index (χ4n) is 1.68. The number of thiazole rings is 1. The number of esters is 1. The zero-order valence-electron chi connectivity index (χ0n) is 10.1. The highest BCUT2D eigenvalue weighted by Gasteiger charge is 2.19. The highest BCUT2D eigenvalue weighted by Crippen LogP contribution is 2.21. The van der Waals surface area contributed by atoms with Crippen LogP contribution in [0.4, 0.5) is 5.13 Å². The Kier molecular flexibility index (Phi) is 4.14. The summed E-state index contributed by atoms with van der Waals surface area (Å²) >= 11 is 1.36. The molecule has 1 N–H and O–H groups in total. The Morgan fingerprint density at radius 2 is 2.50 bits per heavy atom. The van der Waals surface area contributed by atoms with Crippen LogP contribution < -0.4 is 10.2 Å². The first kappa shape index (κ1) is 12.8. The first-order valence-electron chi connectivity index (χ1n) is 5.85. The molecule has 1 aromatic rings. The lowest BCUT2D eigenvalue weighted by atomic mass is 10.4. The van der Waals surface area contributed by atoms with Crippen LogP contribution in [0.2, 0.25) is 0 Å². The number of carbonyl (C=O) groups is 2. The molecule has 1 aliphatic heterocycles. The van der Waals surface area contributed by atoms with Crippen molar-refractivity contribution < 1.29 is 14.3 Å². The van der Waals surface area contributed by atoms with Gasteiger partial charge in [-0.2, -0.15) is 0 Å². The summed E-state index contributed by atoms with van der Waals surface area (Å²) in [5.74, 6) is -0.431. The summed E-state index contributed by atoms with van der Waals surface area (Å²) in [6.07, 6.45) is 0.875. The maximum Gasteiger partial charge on any atom is 0.357 e. The minimum Gasteiger partial charge on any atom is -0.461 e. The van der Waals surface area contributed by atoms with E-state index in [0.717, 1.165) is 13.0 Å². The van der Waals surface area contributed by atoms with Gasteiger partial charge in [0.2, 0.25) is 5.91 Å². The highest BCUT2D eigenvalue weighted by atomic mass is 32.1. The number of amides is 1. The zero-order chi connectivity index (χ0) is 13.0. The molecule has 0 atom stereocenters. The van der Waals surface area contributed by atoms with Gasteiger partial charge in [0.05, 0.1) is 13.2 Å². The maximum atomic E-state index is 11.5. The summed E-state index contributed by atoms with van der Waals surface area (Å²) in [6.45, 7) is 3.82. The number of carbonyl (C=O) groups excluding carboxylic acids is 2. The van der Waals surface area contributed by atoms with Crippen molar-refractivity contribution in [2.75, 3.05) is 31.1 Å². The van der Waals surface area contributed by atoms with E-state index in [1.54, 1.807) is 12.3 Å². The lowest BCUT2D eigenvalue weighted by Crippen LogP contribution is -2.33. The average Bonchev–Trinajstić information content (AvgIpc) is 2.74. The number of rotatable bonds is 3. The molecular formula is C11H15N3O3S. The highest BCUT2D eigenvalue weighted by molar-refractivity contribution is 7.13. The van der Waals surface area contributed by atoms with Crippen LogP contribution >= 0.6 is 11.3 Å². The van der Waals surface area contributed by atoms with Gasteiger partial charge >= 0.3 is 5.97 Å². The van der Waals surface area contributed by atoms with Crippen LogP contribution in [0.25, 0.3) is 0 Å². The molecule has 0 aromatic carbocycles. The summed E-state index contributed by atoms with van der Waals surface area (Å²) in [6, 6.07) is 0. The molecule has 1 amide bonds. The van der Waals surface area contributed by atoms with Gasteiger partial charge in [0.1, 0.15) is 0 Å². The number of hydrogen-bond donors (Lipinski definition) is 1. The van der Waals surface area contributed by atoms with E-state index in [2.05, 4.69) is 10.3 Å². The van der Waals surface area contributed by atoms with Crippen molar-refractivity contribution in [2.24, 2.45) is 0 Å². The van der Waals surface area contributed by atoms with E-state index < -0.39 is 5.97 Å².